The van der Waals surface area contributed by atoms with Gasteiger partial charge in [-0.25, -0.2) is 9.18 Å². The normalized spacial score (nSPS) is 10.7. The van der Waals surface area contributed by atoms with E-state index < -0.39 is 17.8 Å². The molecule has 0 atom stereocenters. The zero-order valence-electron chi connectivity index (χ0n) is 17.1. The summed E-state index contributed by atoms with van der Waals surface area (Å²) >= 11 is 0. The molecule has 0 unspecified atom stereocenters. The number of carbonyl (C=O) groups is 3. The number of aliphatic imine (C=N–C) groups is 1. The summed E-state index contributed by atoms with van der Waals surface area (Å²) in [4.78, 5) is 39.9. The first-order valence-corrected chi connectivity index (χ1v) is 9.69. The molecule has 3 rings (SSSR count). The maximum atomic E-state index is 12.9. The fourth-order valence-corrected chi connectivity index (χ4v) is 2.56. The molecule has 0 bridgehead atoms. The quantitative estimate of drug-likeness (QED) is 0.333. The standard InChI is InChI=1S/C23H20FN3O5/c1-2-31-23(30)15-3-7-18(8-4-15)27-22(29)21(28)26-14-20-12-11-19(32-20)13-25-17-9-5-16(24)6-10-17/h3-13H,2,14H2,1H3,(H,26,28)(H,27,29). The molecular weight excluding hydrogens is 417 g/mol. The molecule has 3 aromatic rings. The number of anilines is 1. The molecule has 0 aliphatic heterocycles. The third-order valence-electron chi connectivity index (χ3n) is 4.13. The molecule has 9 heteroatoms. The summed E-state index contributed by atoms with van der Waals surface area (Å²) in [6.45, 7) is 1.96. The van der Waals surface area contributed by atoms with Gasteiger partial charge in [-0.2, -0.15) is 0 Å². The average molecular weight is 437 g/mol. The summed E-state index contributed by atoms with van der Waals surface area (Å²) in [7, 11) is 0. The number of amides is 2. The van der Waals surface area contributed by atoms with Crippen LogP contribution in [0.4, 0.5) is 15.8 Å². The van der Waals surface area contributed by atoms with Crippen molar-refractivity contribution in [2.24, 2.45) is 4.99 Å². The fraction of sp³-hybridized carbons (Fsp3) is 0.130. The Morgan fingerprint density at radius 3 is 2.41 bits per heavy atom. The summed E-state index contributed by atoms with van der Waals surface area (Å²) < 4.78 is 23.3. The van der Waals surface area contributed by atoms with Crippen molar-refractivity contribution in [3.05, 3.63) is 83.6 Å². The van der Waals surface area contributed by atoms with Crippen molar-refractivity contribution in [2.45, 2.75) is 13.5 Å². The predicted molar refractivity (Wildman–Crippen MR) is 115 cm³/mol. The van der Waals surface area contributed by atoms with Crippen molar-refractivity contribution >= 4 is 35.4 Å². The number of halogens is 1. The number of carbonyl (C=O) groups excluding carboxylic acids is 3. The molecule has 8 nitrogen and oxygen atoms in total. The Kier molecular flexibility index (Phi) is 7.47. The molecule has 1 aromatic heterocycles. The van der Waals surface area contributed by atoms with Crippen LogP contribution in [0.25, 0.3) is 0 Å². The number of hydrogen-bond donors (Lipinski definition) is 2. The Labute approximate surface area is 183 Å². The molecule has 2 amide bonds. The van der Waals surface area contributed by atoms with Gasteiger partial charge in [0.2, 0.25) is 0 Å². The minimum Gasteiger partial charge on any atom is -0.462 e. The molecule has 164 valence electrons. The Morgan fingerprint density at radius 1 is 1.00 bits per heavy atom. The van der Waals surface area contributed by atoms with E-state index in [0.29, 0.717) is 28.5 Å². The molecular formula is C23H20FN3O5. The van der Waals surface area contributed by atoms with Gasteiger partial charge in [0.1, 0.15) is 17.3 Å². The lowest BCUT2D eigenvalue weighted by molar-refractivity contribution is -0.136. The van der Waals surface area contributed by atoms with Gasteiger partial charge in [-0.15, -0.1) is 0 Å². The molecule has 0 fully saturated rings. The van der Waals surface area contributed by atoms with Gasteiger partial charge in [0, 0.05) is 5.69 Å². The van der Waals surface area contributed by atoms with Gasteiger partial charge in [0.15, 0.2) is 0 Å². The van der Waals surface area contributed by atoms with Crippen LogP contribution in [0.1, 0.15) is 28.8 Å². The van der Waals surface area contributed by atoms with Crippen LogP contribution >= 0.6 is 0 Å². The molecule has 2 N–H and O–H groups in total. The highest BCUT2D eigenvalue weighted by Crippen LogP contribution is 2.13. The van der Waals surface area contributed by atoms with Crippen LogP contribution in [0.15, 0.2) is 70.1 Å². The van der Waals surface area contributed by atoms with Crippen LogP contribution in [-0.4, -0.2) is 30.6 Å². The smallest absolute Gasteiger partial charge is 0.338 e. The maximum absolute atomic E-state index is 12.9. The number of ether oxygens (including phenoxy) is 1. The van der Waals surface area contributed by atoms with Gasteiger partial charge in [-0.3, -0.25) is 14.6 Å². The summed E-state index contributed by atoms with van der Waals surface area (Å²) in [5.41, 5.74) is 1.26. The molecule has 0 aliphatic rings. The average Bonchev–Trinajstić information content (AvgIpc) is 3.25. The molecule has 0 saturated carbocycles. The van der Waals surface area contributed by atoms with E-state index in [1.165, 1.54) is 54.7 Å². The number of esters is 1. The molecule has 0 saturated heterocycles. The summed E-state index contributed by atoms with van der Waals surface area (Å²) in [5.74, 6) is -1.67. The van der Waals surface area contributed by atoms with E-state index in [0.717, 1.165) is 0 Å². The van der Waals surface area contributed by atoms with Gasteiger partial charge in [0.05, 0.1) is 30.6 Å². The first-order chi connectivity index (χ1) is 15.4. The van der Waals surface area contributed by atoms with Crippen LogP contribution in [0.2, 0.25) is 0 Å². The van der Waals surface area contributed by atoms with Crippen molar-refractivity contribution in [2.75, 3.05) is 11.9 Å². The van der Waals surface area contributed by atoms with Crippen LogP contribution in [0.5, 0.6) is 0 Å². The number of benzene rings is 2. The highest BCUT2D eigenvalue weighted by molar-refractivity contribution is 6.39. The lowest BCUT2D eigenvalue weighted by atomic mass is 10.2. The molecule has 0 radical (unpaired) electrons. The number of nitrogens with zero attached hydrogens (tertiary/aromatic N) is 1. The Balaban J connectivity index is 1.48. The number of nitrogens with one attached hydrogen (secondary N) is 2. The van der Waals surface area contributed by atoms with Gasteiger partial charge in [-0.05, 0) is 67.6 Å². The Morgan fingerprint density at radius 2 is 1.72 bits per heavy atom. The van der Waals surface area contributed by atoms with Crippen molar-refractivity contribution < 1.29 is 27.9 Å². The molecule has 32 heavy (non-hydrogen) atoms. The minimum absolute atomic E-state index is 0.00155. The summed E-state index contributed by atoms with van der Waals surface area (Å²) in [6.07, 6.45) is 1.46. The summed E-state index contributed by atoms with van der Waals surface area (Å²) in [5, 5.41) is 4.90. The number of hydrogen-bond acceptors (Lipinski definition) is 6. The topological polar surface area (TPSA) is 110 Å². The van der Waals surface area contributed by atoms with Gasteiger partial charge >= 0.3 is 17.8 Å². The monoisotopic (exact) mass is 437 g/mol. The molecule has 0 aliphatic carbocycles. The Bertz CT molecular complexity index is 1120. The van der Waals surface area contributed by atoms with E-state index in [1.807, 2.05) is 0 Å². The van der Waals surface area contributed by atoms with E-state index in [9.17, 15) is 18.8 Å². The largest absolute Gasteiger partial charge is 0.462 e. The van der Waals surface area contributed by atoms with Crippen LogP contribution < -0.4 is 10.6 Å². The van der Waals surface area contributed by atoms with Crippen molar-refractivity contribution in [3.8, 4) is 0 Å². The fourth-order valence-electron chi connectivity index (χ4n) is 2.56. The van der Waals surface area contributed by atoms with Crippen LogP contribution in [0.3, 0.4) is 0 Å². The summed E-state index contributed by atoms with van der Waals surface area (Å²) in [6, 6.07) is 14.9. The van der Waals surface area contributed by atoms with Gasteiger partial charge in [0.25, 0.3) is 0 Å². The van der Waals surface area contributed by atoms with Gasteiger partial charge in [-0.1, -0.05) is 0 Å². The van der Waals surface area contributed by atoms with E-state index >= 15 is 0 Å². The lowest BCUT2D eigenvalue weighted by Gasteiger charge is -2.06. The molecule has 1 heterocycles. The SMILES string of the molecule is CCOC(=O)c1ccc(NC(=O)C(=O)NCc2ccc(C=Nc3ccc(F)cc3)o2)cc1. The first kappa shape index (κ1) is 22.4. The lowest BCUT2D eigenvalue weighted by Crippen LogP contribution is -2.34. The second-order valence-corrected chi connectivity index (χ2v) is 6.47. The maximum Gasteiger partial charge on any atom is 0.338 e. The van der Waals surface area contributed by atoms with E-state index in [1.54, 1.807) is 19.1 Å². The second-order valence-electron chi connectivity index (χ2n) is 6.47. The second kappa shape index (κ2) is 10.7. The van der Waals surface area contributed by atoms with Crippen LogP contribution in [0, 0.1) is 5.82 Å². The minimum atomic E-state index is -0.862. The van der Waals surface area contributed by atoms with E-state index in [-0.39, 0.29) is 19.0 Å². The zero-order valence-corrected chi connectivity index (χ0v) is 17.1. The van der Waals surface area contributed by atoms with Crippen molar-refractivity contribution in [1.29, 1.82) is 0 Å². The van der Waals surface area contributed by atoms with Crippen LogP contribution in [-0.2, 0) is 20.9 Å². The van der Waals surface area contributed by atoms with E-state index in [2.05, 4.69) is 15.6 Å². The predicted octanol–water partition coefficient (Wildman–Crippen LogP) is 3.60. The van der Waals surface area contributed by atoms with Gasteiger partial charge < -0.3 is 19.8 Å². The number of rotatable bonds is 7. The third kappa shape index (κ3) is 6.36. The number of furan rings is 1. The molecule has 0 spiro atoms. The van der Waals surface area contributed by atoms with Crippen molar-refractivity contribution in [3.63, 3.8) is 0 Å². The highest BCUT2D eigenvalue weighted by Gasteiger charge is 2.15. The van der Waals surface area contributed by atoms with Crippen molar-refractivity contribution in [1.82, 2.24) is 5.32 Å². The molecule has 2 aromatic carbocycles. The first-order valence-electron chi connectivity index (χ1n) is 9.69. The highest BCUT2D eigenvalue weighted by atomic mass is 19.1. The van der Waals surface area contributed by atoms with E-state index in [4.69, 9.17) is 9.15 Å². The zero-order chi connectivity index (χ0) is 22.9. The Hall–Kier alpha value is -4.27. The third-order valence-corrected chi connectivity index (χ3v) is 4.13.